The van der Waals surface area contributed by atoms with E-state index in [0.29, 0.717) is 13.2 Å². The maximum atomic E-state index is 12.1. The third-order valence-corrected chi connectivity index (χ3v) is 4.06. The Morgan fingerprint density at radius 1 is 1.42 bits per heavy atom. The smallest absolute Gasteiger partial charge is 0.242 e. The van der Waals surface area contributed by atoms with Gasteiger partial charge in [-0.15, -0.1) is 0 Å². The van der Waals surface area contributed by atoms with Gasteiger partial charge in [-0.1, -0.05) is 15.9 Å². The van der Waals surface area contributed by atoms with Crippen LogP contribution in [-0.2, 0) is 4.79 Å². The first-order chi connectivity index (χ1) is 9.01. The number of carbonyl (C=O) groups excluding carboxylic acids is 1. The van der Waals surface area contributed by atoms with Crippen LogP contribution in [0, 0.1) is 0 Å². The van der Waals surface area contributed by atoms with Crippen LogP contribution in [0.3, 0.4) is 0 Å². The average molecular weight is 327 g/mol. The molecular formula is C14H19BrN2O2. The summed E-state index contributed by atoms with van der Waals surface area (Å²) in [6.45, 7) is 1.02. The van der Waals surface area contributed by atoms with Gasteiger partial charge in [-0.3, -0.25) is 4.79 Å². The molecule has 5 heteroatoms. The van der Waals surface area contributed by atoms with Crippen molar-refractivity contribution >= 4 is 21.8 Å². The molecule has 2 N–H and O–H groups in total. The number of rotatable bonds is 5. The van der Waals surface area contributed by atoms with Gasteiger partial charge >= 0.3 is 0 Å². The average Bonchev–Trinajstić information content (AvgIpc) is 2.37. The molecule has 104 valence electrons. The van der Waals surface area contributed by atoms with Gasteiger partial charge in [0.05, 0.1) is 12.1 Å². The minimum Gasteiger partial charge on any atom is -0.492 e. The number of hydrogen-bond acceptors (Lipinski definition) is 3. The summed E-state index contributed by atoms with van der Waals surface area (Å²) in [5, 5.41) is 0. The van der Waals surface area contributed by atoms with Crippen molar-refractivity contribution in [1.82, 2.24) is 4.90 Å². The summed E-state index contributed by atoms with van der Waals surface area (Å²) in [5.41, 5.74) is 5.39. The second-order valence-corrected chi connectivity index (χ2v) is 5.95. The van der Waals surface area contributed by atoms with Crippen molar-refractivity contribution < 1.29 is 9.53 Å². The Balaban J connectivity index is 1.76. The van der Waals surface area contributed by atoms with E-state index in [1.807, 2.05) is 24.3 Å². The van der Waals surface area contributed by atoms with Crippen LogP contribution in [0.1, 0.15) is 19.3 Å². The molecule has 0 aliphatic heterocycles. The van der Waals surface area contributed by atoms with E-state index in [-0.39, 0.29) is 5.91 Å². The third kappa shape index (κ3) is 3.48. The van der Waals surface area contributed by atoms with E-state index in [0.717, 1.165) is 29.5 Å². The molecule has 1 aromatic rings. The van der Waals surface area contributed by atoms with Crippen LogP contribution in [0.15, 0.2) is 28.7 Å². The van der Waals surface area contributed by atoms with Crippen molar-refractivity contribution in [1.29, 1.82) is 0 Å². The molecule has 1 aromatic carbocycles. The van der Waals surface area contributed by atoms with E-state index in [9.17, 15) is 4.79 Å². The van der Waals surface area contributed by atoms with Gasteiger partial charge in [0.15, 0.2) is 0 Å². The predicted molar refractivity (Wildman–Crippen MR) is 78.0 cm³/mol. The first-order valence-electron chi connectivity index (χ1n) is 6.44. The number of hydrogen-bond donors (Lipinski definition) is 1. The second-order valence-electron chi connectivity index (χ2n) is 5.04. The Morgan fingerprint density at radius 3 is 2.58 bits per heavy atom. The summed E-state index contributed by atoms with van der Waals surface area (Å²) in [5.74, 6) is 0.827. The fourth-order valence-electron chi connectivity index (χ4n) is 2.08. The largest absolute Gasteiger partial charge is 0.492 e. The minimum atomic E-state index is -0.619. The minimum absolute atomic E-state index is 0.0261. The molecular weight excluding hydrogens is 308 g/mol. The molecule has 0 heterocycles. The first-order valence-corrected chi connectivity index (χ1v) is 7.23. The van der Waals surface area contributed by atoms with Crippen molar-refractivity contribution in [2.24, 2.45) is 5.73 Å². The summed E-state index contributed by atoms with van der Waals surface area (Å²) in [4.78, 5) is 13.7. The van der Waals surface area contributed by atoms with E-state index in [1.54, 1.807) is 11.9 Å². The van der Waals surface area contributed by atoms with Crippen LogP contribution >= 0.6 is 15.9 Å². The lowest BCUT2D eigenvalue weighted by molar-refractivity contribution is -0.139. The van der Waals surface area contributed by atoms with Crippen LogP contribution in [0.4, 0.5) is 0 Å². The summed E-state index contributed by atoms with van der Waals surface area (Å²) in [6, 6.07) is 7.63. The van der Waals surface area contributed by atoms with Crippen molar-refractivity contribution in [3.05, 3.63) is 28.7 Å². The zero-order chi connectivity index (χ0) is 13.9. The lowest BCUT2D eigenvalue weighted by Gasteiger charge is -2.39. The van der Waals surface area contributed by atoms with Gasteiger partial charge in [0.2, 0.25) is 5.91 Å². The number of likely N-dealkylation sites (N-methyl/N-ethyl adjacent to an activating group) is 1. The molecule has 1 saturated carbocycles. The van der Waals surface area contributed by atoms with Crippen LogP contribution < -0.4 is 10.5 Å². The summed E-state index contributed by atoms with van der Waals surface area (Å²) in [6.07, 6.45) is 2.64. The standard InChI is InChI=1S/C14H19BrN2O2/c1-17(13(18)14(16)7-2-8-14)9-10-19-12-5-3-11(15)4-6-12/h3-6H,2,7-10,16H2,1H3. The van der Waals surface area contributed by atoms with Gasteiger partial charge < -0.3 is 15.4 Å². The molecule has 0 saturated heterocycles. The summed E-state index contributed by atoms with van der Waals surface area (Å²) < 4.78 is 6.61. The second kappa shape index (κ2) is 5.92. The van der Waals surface area contributed by atoms with Crippen LogP contribution in [-0.4, -0.2) is 36.5 Å². The van der Waals surface area contributed by atoms with E-state index < -0.39 is 5.54 Å². The topological polar surface area (TPSA) is 55.6 Å². The Morgan fingerprint density at radius 2 is 2.05 bits per heavy atom. The maximum absolute atomic E-state index is 12.1. The van der Waals surface area contributed by atoms with Gasteiger partial charge in [0.25, 0.3) is 0 Å². The molecule has 0 spiro atoms. The normalized spacial score (nSPS) is 16.6. The molecule has 1 aliphatic carbocycles. The summed E-state index contributed by atoms with van der Waals surface area (Å²) >= 11 is 3.37. The van der Waals surface area contributed by atoms with Gasteiger partial charge in [0, 0.05) is 11.5 Å². The first kappa shape index (κ1) is 14.3. The lowest BCUT2D eigenvalue weighted by Crippen LogP contribution is -2.59. The molecule has 1 aliphatic rings. The fourth-order valence-corrected chi connectivity index (χ4v) is 2.35. The zero-order valence-corrected chi connectivity index (χ0v) is 12.6. The third-order valence-electron chi connectivity index (χ3n) is 3.53. The monoisotopic (exact) mass is 326 g/mol. The molecule has 4 nitrogen and oxygen atoms in total. The Kier molecular flexibility index (Phi) is 4.47. The van der Waals surface area contributed by atoms with Crippen molar-refractivity contribution in [3.63, 3.8) is 0 Å². The predicted octanol–water partition coefficient (Wildman–Crippen LogP) is 2.17. The number of amides is 1. The van der Waals surface area contributed by atoms with Crippen LogP contribution in [0.5, 0.6) is 5.75 Å². The quantitative estimate of drug-likeness (QED) is 0.902. The molecule has 0 bridgehead atoms. The van der Waals surface area contributed by atoms with Crippen molar-refractivity contribution in [3.8, 4) is 5.75 Å². The van der Waals surface area contributed by atoms with Gasteiger partial charge in [-0.05, 0) is 43.5 Å². The summed E-state index contributed by atoms with van der Waals surface area (Å²) in [7, 11) is 1.78. The van der Waals surface area contributed by atoms with Gasteiger partial charge in [-0.2, -0.15) is 0 Å². The molecule has 0 atom stereocenters. The lowest BCUT2D eigenvalue weighted by atomic mass is 9.77. The Bertz CT molecular complexity index is 443. The number of ether oxygens (including phenoxy) is 1. The number of benzene rings is 1. The van der Waals surface area contributed by atoms with Crippen LogP contribution in [0.25, 0.3) is 0 Å². The molecule has 0 aromatic heterocycles. The number of halogens is 1. The van der Waals surface area contributed by atoms with Crippen molar-refractivity contribution in [2.45, 2.75) is 24.8 Å². The van der Waals surface area contributed by atoms with E-state index >= 15 is 0 Å². The molecule has 0 radical (unpaired) electrons. The van der Waals surface area contributed by atoms with Crippen molar-refractivity contribution in [2.75, 3.05) is 20.2 Å². The fraction of sp³-hybridized carbons (Fsp3) is 0.500. The highest BCUT2D eigenvalue weighted by Gasteiger charge is 2.41. The molecule has 1 fully saturated rings. The number of nitrogens with zero attached hydrogens (tertiary/aromatic N) is 1. The molecule has 2 rings (SSSR count). The SMILES string of the molecule is CN(CCOc1ccc(Br)cc1)C(=O)C1(N)CCC1. The van der Waals surface area contributed by atoms with Gasteiger partial charge in [0.1, 0.15) is 12.4 Å². The van der Waals surface area contributed by atoms with Gasteiger partial charge in [-0.25, -0.2) is 0 Å². The Hall–Kier alpha value is -1.07. The van der Waals surface area contributed by atoms with Crippen LogP contribution in [0.2, 0.25) is 0 Å². The highest BCUT2D eigenvalue weighted by Crippen LogP contribution is 2.30. The molecule has 19 heavy (non-hydrogen) atoms. The maximum Gasteiger partial charge on any atom is 0.242 e. The Labute approximate surface area is 122 Å². The van der Waals surface area contributed by atoms with E-state index in [4.69, 9.17) is 10.5 Å². The zero-order valence-electron chi connectivity index (χ0n) is 11.1. The van der Waals surface area contributed by atoms with E-state index in [1.165, 1.54) is 0 Å². The highest BCUT2D eigenvalue weighted by molar-refractivity contribution is 9.10. The molecule has 0 unspecified atom stereocenters. The highest BCUT2D eigenvalue weighted by atomic mass is 79.9. The number of nitrogens with two attached hydrogens (primary N) is 1. The van der Waals surface area contributed by atoms with E-state index in [2.05, 4.69) is 15.9 Å². The molecule has 1 amide bonds. The number of carbonyl (C=O) groups is 1.